The van der Waals surface area contributed by atoms with Crippen LogP contribution in [0.5, 0.6) is 11.5 Å². The molecule has 0 saturated carbocycles. The second-order valence-electron chi connectivity index (χ2n) is 6.35. The Kier molecular flexibility index (Phi) is 6.25. The average Bonchev–Trinajstić information content (AvgIpc) is 3.19. The molecule has 2 aromatic heterocycles. The highest BCUT2D eigenvalue weighted by atomic mass is 79.9. The van der Waals surface area contributed by atoms with E-state index in [4.69, 9.17) is 9.47 Å². The number of para-hydroxylation sites is 2. The van der Waals surface area contributed by atoms with Crippen LogP contribution in [0.1, 0.15) is 5.69 Å². The van der Waals surface area contributed by atoms with Crippen LogP contribution >= 0.6 is 27.3 Å². The van der Waals surface area contributed by atoms with Gasteiger partial charge >= 0.3 is 0 Å². The van der Waals surface area contributed by atoms with E-state index in [0.29, 0.717) is 23.2 Å². The highest BCUT2D eigenvalue weighted by molar-refractivity contribution is 9.10. The number of hydrogen-bond donors (Lipinski definition) is 0. The van der Waals surface area contributed by atoms with Gasteiger partial charge in [0, 0.05) is 10.7 Å². The monoisotopic (exact) mass is 483 g/mol. The van der Waals surface area contributed by atoms with Crippen LogP contribution < -0.4 is 14.4 Å². The topological polar surface area (TPSA) is 64.6 Å². The van der Waals surface area contributed by atoms with Crippen molar-refractivity contribution in [2.24, 2.45) is 0 Å². The minimum Gasteiger partial charge on any atom is -0.493 e. The van der Waals surface area contributed by atoms with E-state index in [9.17, 15) is 4.79 Å². The van der Waals surface area contributed by atoms with Gasteiger partial charge in [0.05, 0.1) is 29.6 Å². The number of anilines is 1. The van der Waals surface area contributed by atoms with Crippen molar-refractivity contribution in [2.75, 3.05) is 18.6 Å². The minimum absolute atomic E-state index is 0.146. The van der Waals surface area contributed by atoms with Crippen LogP contribution in [0.25, 0.3) is 10.2 Å². The standard InChI is InChI=1S/C22H18BrN3O3S/c1-28-18-7-2-3-8-19(18)29-14-21(27)26(13-16-6-4-5-11-24-16)22-25-17-10-9-15(23)12-20(17)30-22/h2-12H,13-14H2,1H3. The zero-order valence-corrected chi connectivity index (χ0v) is 18.5. The van der Waals surface area contributed by atoms with E-state index in [2.05, 4.69) is 25.9 Å². The van der Waals surface area contributed by atoms with Gasteiger partial charge in [-0.3, -0.25) is 14.7 Å². The van der Waals surface area contributed by atoms with Crippen LogP contribution in [0.4, 0.5) is 5.13 Å². The number of aromatic nitrogens is 2. The van der Waals surface area contributed by atoms with E-state index in [1.54, 1.807) is 30.3 Å². The molecule has 0 spiro atoms. The number of nitrogens with zero attached hydrogens (tertiary/aromatic N) is 3. The number of fused-ring (bicyclic) bond motifs is 1. The number of thiazole rings is 1. The molecule has 0 fully saturated rings. The largest absolute Gasteiger partial charge is 0.493 e. The fourth-order valence-corrected chi connectivity index (χ4v) is 4.41. The van der Waals surface area contributed by atoms with Crippen LogP contribution in [-0.4, -0.2) is 29.6 Å². The normalized spacial score (nSPS) is 10.7. The molecule has 4 aromatic rings. The summed E-state index contributed by atoms with van der Waals surface area (Å²) in [6.07, 6.45) is 1.71. The minimum atomic E-state index is -0.218. The fourth-order valence-electron chi connectivity index (χ4n) is 2.87. The lowest BCUT2D eigenvalue weighted by molar-refractivity contribution is -0.120. The molecule has 2 heterocycles. The van der Waals surface area contributed by atoms with Crippen molar-refractivity contribution in [1.29, 1.82) is 0 Å². The Balaban J connectivity index is 1.61. The molecule has 0 aliphatic carbocycles. The number of hydrogen-bond acceptors (Lipinski definition) is 6. The van der Waals surface area contributed by atoms with Gasteiger partial charge in [0.1, 0.15) is 0 Å². The lowest BCUT2D eigenvalue weighted by atomic mass is 10.3. The molecule has 8 heteroatoms. The smallest absolute Gasteiger partial charge is 0.267 e. The van der Waals surface area contributed by atoms with Crippen LogP contribution in [0.3, 0.4) is 0 Å². The second-order valence-corrected chi connectivity index (χ2v) is 8.27. The van der Waals surface area contributed by atoms with Gasteiger partial charge in [0.25, 0.3) is 5.91 Å². The van der Waals surface area contributed by atoms with Crippen LogP contribution in [0.15, 0.2) is 71.3 Å². The van der Waals surface area contributed by atoms with E-state index in [1.807, 2.05) is 48.5 Å². The number of benzene rings is 2. The number of halogens is 1. The van der Waals surface area contributed by atoms with Crippen LogP contribution in [-0.2, 0) is 11.3 Å². The summed E-state index contributed by atoms with van der Waals surface area (Å²) in [5.41, 5.74) is 1.60. The molecule has 0 unspecified atom stereocenters. The van der Waals surface area contributed by atoms with Gasteiger partial charge in [-0.25, -0.2) is 4.98 Å². The van der Waals surface area contributed by atoms with E-state index in [1.165, 1.54) is 11.3 Å². The quantitative estimate of drug-likeness (QED) is 0.366. The van der Waals surface area contributed by atoms with Crippen molar-refractivity contribution < 1.29 is 14.3 Å². The lowest BCUT2D eigenvalue weighted by Crippen LogP contribution is -2.34. The number of methoxy groups -OCH3 is 1. The molecule has 152 valence electrons. The third kappa shape index (κ3) is 4.60. The highest BCUT2D eigenvalue weighted by Gasteiger charge is 2.22. The first-order valence-corrected chi connectivity index (χ1v) is 10.8. The number of rotatable bonds is 7. The number of pyridine rings is 1. The Morgan fingerprint density at radius 3 is 2.67 bits per heavy atom. The molecule has 0 atom stereocenters. The maximum absolute atomic E-state index is 13.2. The van der Waals surface area contributed by atoms with Crippen LogP contribution in [0.2, 0.25) is 0 Å². The van der Waals surface area contributed by atoms with Gasteiger partial charge < -0.3 is 9.47 Å². The predicted octanol–water partition coefficient (Wildman–Crippen LogP) is 5.07. The molecule has 2 aromatic carbocycles. The van der Waals surface area contributed by atoms with Gasteiger partial charge in [0.2, 0.25) is 0 Å². The summed E-state index contributed by atoms with van der Waals surface area (Å²) in [5.74, 6) is 0.871. The Morgan fingerprint density at radius 1 is 1.10 bits per heavy atom. The number of carbonyl (C=O) groups is 1. The summed E-state index contributed by atoms with van der Waals surface area (Å²) >= 11 is 4.93. The number of amides is 1. The molecule has 1 amide bonds. The SMILES string of the molecule is COc1ccccc1OCC(=O)N(Cc1ccccn1)c1nc2ccc(Br)cc2s1. The van der Waals surface area contributed by atoms with E-state index in [0.717, 1.165) is 20.4 Å². The van der Waals surface area contributed by atoms with Crippen molar-refractivity contribution >= 4 is 48.5 Å². The Morgan fingerprint density at radius 2 is 1.90 bits per heavy atom. The summed E-state index contributed by atoms with van der Waals surface area (Å²) in [4.78, 5) is 23.8. The first kappa shape index (κ1) is 20.3. The average molecular weight is 484 g/mol. The third-order valence-corrected chi connectivity index (χ3v) is 5.87. The molecular weight excluding hydrogens is 466 g/mol. The van der Waals surface area contributed by atoms with Crippen molar-refractivity contribution in [3.63, 3.8) is 0 Å². The fraction of sp³-hybridized carbons (Fsp3) is 0.136. The molecule has 6 nitrogen and oxygen atoms in total. The third-order valence-electron chi connectivity index (χ3n) is 4.34. The van der Waals surface area contributed by atoms with E-state index in [-0.39, 0.29) is 12.5 Å². The van der Waals surface area contributed by atoms with E-state index >= 15 is 0 Å². The summed E-state index contributed by atoms with van der Waals surface area (Å²) < 4.78 is 13.0. The molecular formula is C22H18BrN3O3S. The highest BCUT2D eigenvalue weighted by Crippen LogP contribution is 2.32. The van der Waals surface area contributed by atoms with Crippen molar-refractivity contribution in [1.82, 2.24) is 9.97 Å². The maximum Gasteiger partial charge on any atom is 0.267 e. The van der Waals surface area contributed by atoms with Gasteiger partial charge in [-0.05, 0) is 42.5 Å². The predicted molar refractivity (Wildman–Crippen MR) is 121 cm³/mol. The summed E-state index contributed by atoms with van der Waals surface area (Å²) in [6.45, 7) is 0.156. The summed E-state index contributed by atoms with van der Waals surface area (Å²) in [6, 6.07) is 18.7. The number of ether oxygens (including phenoxy) is 2. The van der Waals surface area contributed by atoms with Gasteiger partial charge in [0.15, 0.2) is 23.2 Å². The molecule has 0 aliphatic heterocycles. The molecule has 4 rings (SSSR count). The first-order valence-electron chi connectivity index (χ1n) is 9.16. The number of carbonyl (C=O) groups excluding carboxylic acids is 1. The molecule has 0 radical (unpaired) electrons. The molecule has 0 aliphatic rings. The Labute approximate surface area is 186 Å². The maximum atomic E-state index is 13.2. The Bertz CT molecular complexity index is 1170. The molecule has 0 saturated heterocycles. The van der Waals surface area contributed by atoms with Gasteiger partial charge in [-0.1, -0.05) is 45.5 Å². The van der Waals surface area contributed by atoms with Crippen molar-refractivity contribution in [2.45, 2.75) is 6.54 Å². The molecule has 30 heavy (non-hydrogen) atoms. The molecule has 0 N–H and O–H groups in total. The zero-order chi connectivity index (χ0) is 20.9. The molecule has 0 bridgehead atoms. The van der Waals surface area contributed by atoms with Crippen molar-refractivity contribution in [3.05, 3.63) is 77.0 Å². The summed E-state index contributed by atoms with van der Waals surface area (Å²) in [7, 11) is 1.57. The van der Waals surface area contributed by atoms with E-state index < -0.39 is 0 Å². The Hall–Kier alpha value is -2.97. The van der Waals surface area contributed by atoms with Crippen molar-refractivity contribution in [3.8, 4) is 11.5 Å². The lowest BCUT2D eigenvalue weighted by Gasteiger charge is -2.20. The second kappa shape index (κ2) is 9.23. The zero-order valence-electron chi connectivity index (χ0n) is 16.1. The van der Waals surface area contributed by atoms with Gasteiger partial charge in [-0.15, -0.1) is 0 Å². The van der Waals surface area contributed by atoms with Crippen LogP contribution in [0, 0.1) is 0 Å². The first-order chi connectivity index (χ1) is 14.6. The summed E-state index contributed by atoms with van der Waals surface area (Å²) in [5, 5.41) is 0.599. The van der Waals surface area contributed by atoms with Gasteiger partial charge in [-0.2, -0.15) is 0 Å².